The second kappa shape index (κ2) is 5.23. The van der Waals surface area contributed by atoms with Crippen LogP contribution in [0.4, 0.5) is 0 Å². The van der Waals surface area contributed by atoms with Crippen molar-refractivity contribution in [3.63, 3.8) is 0 Å². The van der Waals surface area contributed by atoms with Crippen molar-refractivity contribution in [3.05, 3.63) is 66.0 Å². The van der Waals surface area contributed by atoms with Crippen molar-refractivity contribution in [1.82, 2.24) is 10.5 Å². The molecule has 0 aliphatic rings. The summed E-state index contributed by atoms with van der Waals surface area (Å²) in [4.78, 5) is 15.6. The normalized spacial score (nSPS) is 11.8. The van der Waals surface area contributed by atoms with E-state index in [0.717, 1.165) is 11.1 Å². The van der Waals surface area contributed by atoms with E-state index in [2.05, 4.69) is 4.98 Å². The molecule has 1 atom stereocenters. The highest BCUT2D eigenvalue weighted by molar-refractivity contribution is 5.86. The van der Waals surface area contributed by atoms with Crippen LogP contribution < -0.4 is 5.48 Å². The van der Waals surface area contributed by atoms with Gasteiger partial charge in [0.2, 0.25) is 0 Å². The number of rotatable bonds is 3. The van der Waals surface area contributed by atoms with Gasteiger partial charge in [-0.2, -0.15) is 0 Å². The van der Waals surface area contributed by atoms with Crippen LogP contribution in [0.2, 0.25) is 0 Å². The van der Waals surface area contributed by atoms with Crippen molar-refractivity contribution in [2.75, 3.05) is 0 Å². The maximum absolute atomic E-state index is 11.7. The Labute approximate surface area is 98.9 Å². The first kappa shape index (κ1) is 11.3. The van der Waals surface area contributed by atoms with Crippen LogP contribution in [0.25, 0.3) is 0 Å². The van der Waals surface area contributed by atoms with Crippen LogP contribution in [-0.4, -0.2) is 16.1 Å². The third kappa shape index (κ3) is 2.49. The first-order valence-electron chi connectivity index (χ1n) is 5.21. The van der Waals surface area contributed by atoms with Gasteiger partial charge in [-0.05, 0) is 23.3 Å². The van der Waals surface area contributed by atoms with Gasteiger partial charge in [-0.25, -0.2) is 5.48 Å². The van der Waals surface area contributed by atoms with Gasteiger partial charge < -0.3 is 0 Å². The van der Waals surface area contributed by atoms with Crippen LogP contribution in [0.5, 0.6) is 0 Å². The number of benzene rings is 1. The number of pyridine rings is 1. The molecule has 2 aromatic rings. The summed E-state index contributed by atoms with van der Waals surface area (Å²) >= 11 is 0. The molecule has 0 saturated carbocycles. The second-order valence-electron chi connectivity index (χ2n) is 3.60. The van der Waals surface area contributed by atoms with Crippen molar-refractivity contribution in [2.24, 2.45) is 0 Å². The van der Waals surface area contributed by atoms with Crippen LogP contribution >= 0.6 is 0 Å². The lowest BCUT2D eigenvalue weighted by Gasteiger charge is -2.15. The zero-order valence-corrected chi connectivity index (χ0v) is 9.08. The average Bonchev–Trinajstić information content (AvgIpc) is 2.41. The largest absolute Gasteiger partial charge is 0.289 e. The topological polar surface area (TPSA) is 62.2 Å². The first-order chi connectivity index (χ1) is 8.33. The number of hydrogen-bond donors (Lipinski definition) is 2. The lowest BCUT2D eigenvalue weighted by molar-refractivity contribution is -0.129. The molecule has 0 saturated heterocycles. The highest BCUT2D eigenvalue weighted by Crippen LogP contribution is 2.23. The van der Waals surface area contributed by atoms with Gasteiger partial charge in [-0.15, -0.1) is 0 Å². The molecular formula is C13H12N2O2. The van der Waals surface area contributed by atoms with Crippen LogP contribution in [0, 0.1) is 0 Å². The molecule has 0 bridgehead atoms. The van der Waals surface area contributed by atoms with Crippen molar-refractivity contribution in [2.45, 2.75) is 5.92 Å². The predicted molar refractivity (Wildman–Crippen MR) is 62.5 cm³/mol. The van der Waals surface area contributed by atoms with Crippen molar-refractivity contribution in [3.8, 4) is 0 Å². The summed E-state index contributed by atoms with van der Waals surface area (Å²) in [6.07, 6.45) is 3.24. The highest BCUT2D eigenvalue weighted by atomic mass is 16.5. The minimum Gasteiger partial charge on any atom is -0.289 e. The van der Waals surface area contributed by atoms with Crippen LogP contribution in [0.1, 0.15) is 17.0 Å². The highest BCUT2D eigenvalue weighted by Gasteiger charge is 2.21. The summed E-state index contributed by atoms with van der Waals surface area (Å²) in [5.41, 5.74) is 3.32. The molecule has 1 aromatic heterocycles. The van der Waals surface area contributed by atoms with Gasteiger partial charge in [-0.3, -0.25) is 15.0 Å². The minimum absolute atomic E-state index is 0.456. The summed E-state index contributed by atoms with van der Waals surface area (Å²) in [7, 11) is 0. The molecule has 86 valence electrons. The first-order valence-corrected chi connectivity index (χ1v) is 5.21. The standard InChI is InChI=1S/C13H12N2O2/c16-13(15-17)12(10-4-2-1-3-5-10)11-6-8-14-9-7-11/h1-9,12,17H,(H,15,16). The molecule has 0 spiro atoms. The Kier molecular flexibility index (Phi) is 3.47. The molecule has 1 amide bonds. The number of carbonyl (C=O) groups excluding carboxylic acids is 1. The molecule has 2 N–H and O–H groups in total. The molecule has 0 radical (unpaired) electrons. The van der Waals surface area contributed by atoms with Crippen LogP contribution in [-0.2, 0) is 4.79 Å². The second-order valence-corrected chi connectivity index (χ2v) is 3.60. The van der Waals surface area contributed by atoms with E-state index in [1.165, 1.54) is 0 Å². The third-order valence-electron chi connectivity index (χ3n) is 2.54. The molecule has 1 unspecified atom stereocenters. The van der Waals surface area contributed by atoms with E-state index < -0.39 is 11.8 Å². The molecule has 1 aromatic carbocycles. The van der Waals surface area contributed by atoms with E-state index in [9.17, 15) is 4.79 Å². The summed E-state index contributed by atoms with van der Waals surface area (Å²) in [5.74, 6) is -0.980. The number of hydroxylamine groups is 1. The fourth-order valence-corrected chi connectivity index (χ4v) is 1.76. The average molecular weight is 228 g/mol. The molecule has 0 aliphatic heterocycles. The number of nitrogens with one attached hydrogen (secondary N) is 1. The fourth-order valence-electron chi connectivity index (χ4n) is 1.76. The Hall–Kier alpha value is -2.20. The van der Waals surface area contributed by atoms with Crippen LogP contribution in [0.15, 0.2) is 54.9 Å². The van der Waals surface area contributed by atoms with E-state index in [1.807, 2.05) is 30.3 Å². The Morgan fingerprint density at radius 1 is 1.06 bits per heavy atom. The summed E-state index contributed by atoms with van der Waals surface area (Å²) in [5, 5.41) is 8.81. The molecule has 4 heteroatoms. The molecule has 4 nitrogen and oxygen atoms in total. The maximum Gasteiger partial charge on any atom is 0.255 e. The Balaban J connectivity index is 2.43. The molecule has 1 heterocycles. The zero-order chi connectivity index (χ0) is 12.1. The number of amides is 1. The molecular weight excluding hydrogens is 216 g/mol. The van der Waals surface area contributed by atoms with E-state index in [4.69, 9.17) is 5.21 Å². The number of aromatic nitrogens is 1. The molecule has 0 aliphatic carbocycles. The van der Waals surface area contributed by atoms with E-state index >= 15 is 0 Å². The van der Waals surface area contributed by atoms with E-state index in [1.54, 1.807) is 30.0 Å². The van der Waals surface area contributed by atoms with Crippen molar-refractivity contribution < 1.29 is 10.0 Å². The third-order valence-corrected chi connectivity index (χ3v) is 2.54. The van der Waals surface area contributed by atoms with Crippen molar-refractivity contribution in [1.29, 1.82) is 0 Å². The van der Waals surface area contributed by atoms with Gasteiger partial charge in [0.1, 0.15) is 0 Å². The van der Waals surface area contributed by atoms with Gasteiger partial charge in [0, 0.05) is 12.4 Å². The predicted octanol–water partition coefficient (Wildman–Crippen LogP) is 1.72. The minimum atomic E-state index is -0.524. The Morgan fingerprint density at radius 2 is 1.65 bits per heavy atom. The lowest BCUT2D eigenvalue weighted by atomic mass is 9.91. The Morgan fingerprint density at radius 3 is 2.24 bits per heavy atom. The molecule has 0 fully saturated rings. The number of nitrogens with zero attached hydrogens (tertiary/aromatic N) is 1. The van der Waals surface area contributed by atoms with Gasteiger partial charge >= 0.3 is 0 Å². The molecule has 2 rings (SSSR count). The Bertz CT molecular complexity index is 446. The SMILES string of the molecule is O=C(NO)C(c1ccccc1)c1ccncc1. The van der Waals surface area contributed by atoms with E-state index in [0.29, 0.717) is 0 Å². The lowest BCUT2D eigenvalue weighted by Crippen LogP contribution is -2.27. The quantitative estimate of drug-likeness (QED) is 0.621. The van der Waals surface area contributed by atoms with Gasteiger partial charge in [0.25, 0.3) is 5.91 Å². The summed E-state index contributed by atoms with van der Waals surface area (Å²) < 4.78 is 0. The fraction of sp³-hybridized carbons (Fsp3) is 0.0769. The van der Waals surface area contributed by atoms with Gasteiger partial charge in [0.05, 0.1) is 5.92 Å². The smallest absolute Gasteiger partial charge is 0.255 e. The molecule has 17 heavy (non-hydrogen) atoms. The van der Waals surface area contributed by atoms with E-state index in [-0.39, 0.29) is 0 Å². The number of carbonyl (C=O) groups is 1. The van der Waals surface area contributed by atoms with Gasteiger partial charge in [0.15, 0.2) is 0 Å². The maximum atomic E-state index is 11.7. The summed E-state index contributed by atoms with van der Waals surface area (Å²) in [6, 6.07) is 12.8. The van der Waals surface area contributed by atoms with Crippen molar-refractivity contribution >= 4 is 5.91 Å². The van der Waals surface area contributed by atoms with Crippen LogP contribution in [0.3, 0.4) is 0 Å². The number of hydrogen-bond acceptors (Lipinski definition) is 3. The summed E-state index contributed by atoms with van der Waals surface area (Å²) in [6.45, 7) is 0. The zero-order valence-electron chi connectivity index (χ0n) is 9.08. The monoisotopic (exact) mass is 228 g/mol. The van der Waals surface area contributed by atoms with Gasteiger partial charge in [-0.1, -0.05) is 30.3 Å².